The molecule has 3 nitrogen and oxygen atoms in total. The maximum Gasteiger partial charge on any atom is 0.266 e. The quantitative estimate of drug-likeness (QED) is 0.587. The first-order valence-electron chi connectivity index (χ1n) is 8.19. The van der Waals surface area contributed by atoms with Crippen molar-refractivity contribution < 1.29 is 9.53 Å². The fourth-order valence-corrected chi connectivity index (χ4v) is 4.55. The average molecular weight is 348 g/mol. The number of thioether (sulfide) groups is 1. The molecule has 2 fully saturated rings. The third-order valence-electron chi connectivity index (χ3n) is 4.27. The highest BCUT2D eigenvalue weighted by atomic mass is 32.2. The van der Waals surface area contributed by atoms with Gasteiger partial charge < -0.3 is 4.74 Å². The fourth-order valence-electron chi connectivity index (χ4n) is 3.16. The van der Waals surface area contributed by atoms with Crippen LogP contribution in [0.15, 0.2) is 29.2 Å². The van der Waals surface area contributed by atoms with Gasteiger partial charge in [0.25, 0.3) is 5.91 Å². The van der Waals surface area contributed by atoms with Gasteiger partial charge in [0.05, 0.1) is 11.5 Å². The van der Waals surface area contributed by atoms with Gasteiger partial charge in [-0.3, -0.25) is 9.69 Å². The van der Waals surface area contributed by atoms with Gasteiger partial charge in [0.2, 0.25) is 0 Å². The molecule has 3 rings (SSSR count). The summed E-state index contributed by atoms with van der Waals surface area (Å²) in [7, 11) is 0. The molecule has 1 aromatic rings. The van der Waals surface area contributed by atoms with E-state index in [1.165, 1.54) is 31.0 Å². The number of para-hydroxylation sites is 1. The van der Waals surface area contributed by atoms with E-state index in [9.17, 15) is 4.79 Å². The maximum absolute atomic E-state index is 12.8. The molecule has 0 N–H and O–H groups in total. The zero-order valence-corrected chi connectivity index (χ0v) is 14.9. The summed E-state index contributed by atoms with van der Waals surface area (Å²) >= 11 is 6.88. The second-order valence-corrected chi connectivity index (χ2v) is 7.49. The van der Waals surface area contributed by atoms with E-state index in [1.54, 1.807) is 0 Å². The van der Waals surface area contributed by atoms with E-state index in [0.717, 1.165) is 24.2 Å². The summed E-state index contributed by atoms with van der Waals surface area (Å²) < 4.78 is 6.34. The standard InChI is InChI=1S/C18H21NO2S2/c1-2-21-15-11-7-6-8-13(15)12-16-17(20)19(18(22)23-16)14-9-4-3-5-10-14/h6-8,11-12,14H,2-5,9-10H2,1H3. The molecule has 0 bridgehead atoms. The molecule has 1 aromatic carbocycles. The number of carbonyl (C=O) groups is 1. The maximum atomic E-state index is 12.8. The fraction of sp³-hybridized carbons (Fsp3) is 0.444. The van der Waals surface area contributed by atoms with Crippen LogP contribution in [-0.4, -0.2) is 27.8 Å². The van der Waals surface area contributed by atoms with Crippen LogP contribution < -0.4 is 4.74 Å². The van der Waals surface area contributed by atoms with Crippen LogP contribution in [0.4, 0.5) is 0 Å². The Morgan fingerprint density at radius 3 is 2.78 bits per heavy atom. The highest BCUT2D eigenvalue weighted by Crippen LogP contribution is 2.38. The summed E-state index contributed by atoms with van der Waals surface area (Å²) in [4.78, 5) is 15.3. The smallest absolute Gasteiger partial charge is 0.266 e. The van der Waals surface area contributed by atoms with Crippen molar-refractivity contribution in [2.45, 2.75) is 45.1 Å². The highest BCUT2D eigenvalue weighted by Gasteiger charge is 2.37. The Hall–Kier alpha value is -1.33. The predicted octanol–water partition coefficient (Wildman–Crippen LogP) is 4.62. The Labute approximate surface area is 147 Å². The lowest BCUT2D eigenvalue weighted by Crippen LogP contribution is -2.39. The minimum atomic E-state index is 0.0539. The predicted molar refractivity (Wildman–Crippen MR) is 99.5 cm³/mol. The Bertz CT molecular complexity index is 636. The molecule has 0 radical (unpaired) electrons. The Morgan fingerprint density at radius 2 is 2.04 bits per heavy atom. The monoisotopic (exact) mass is 347 g/mol. The summed E-state index contributed by atoms with van der Waals surface area (Å²) in [6.07, 6.45) is 7.68. The van der Waals surface area contributed by atoms with Crippen LogP contribution in [0.3, 0.4) is 0 Å². The van der Waals surface area contributed by atoms with Crippen LogP contribution in [0.2, 0.25) is 0 Å². The lowest BCUT2D eigenvalue weighted by molar-refractivity contribution is -0.124. The summed E-state index contributed by atoms with van der Waals surface area (Å²) in [5, 5.41) is 0. The van der Waals surface area contributed by atoms with Gasteiger partial charge in [-0.15, -0.1) is 0 Å². The number of amides is 1. The number of benzene rings is 1. The van der Waals surface area contributed by atoms with E-state index in [0.29, 0.717) is 15.8 Å². The first-order valence-corrected chi connectivity index (χ1v) is 9.42. The van der Waals surface area contributed by atoms with Gasteiger partial charge in [0, 0.05) is 11.6 Å². The molecule has 1 aliphatic heterocycles. The zero-order valence-electron chi connectivity index (χ0n) is 13.3. The number of nitrogens with zero attached hydrogens (tertiary/aromatic N) is 1. The van der Waals surface area contributed by atoms with Gasteiger partial charge in [-0.05, 0) is 31.9 Å². The summed E-state index contributed by atoms with van der Waals surface area (Å²) in [5.74, 6) is 0.858. The highest BCUT2D eigenvalue weighted by molar-refractivity contribution is 8.26. The first kappa shape index (κ1) is 16.5. The minimum absolute atomic E-state index is 0.0539. The Morgan fingerprint density at radius 1 is 1.30 bits per heavy atom. The van der Waals surface area contributed by atoms with Crippen molar-refractivity contribution in [1.29, 1.82) is 0 Å². The molecule has 0 unspecified atom stereocenters. The van der Waals surface area contributed by atoms with Gasteiger partial charge in [0.15, 0.2) is 0 Å². The third-order valence-corrected chi connectivity index (χ3v) is 5.60. The molecular formula is C18H21NO2S2. The van der Waals surface area contributed by atoms with Crippen molar-refractivity contribution in [3.8, 4) is 5.75 Å². The Kier molecular flexibility index (Phi) is 5.38. The third kappa shape index (κ3) is 3.61. The van der Waals surface area contributed by atoms with Crippen molar-refractivity contribution in [3.63, 3.8) is 0 Å². The zero-order chi connectivity index (χ0) is 16.2. The largest absolute Gasteiger partial charge is 0.493 e. The summed E-state index contributed by atoms with van der Waals surface area (Å²) in [5.41, 5.74) is 0.929. The second kappa shape index (κ2) is 7.49. The van der Waals surface area contributed by atoms with E-state index in [2.05, 4.69) is 0 Å². The van der Waals surface area contributed by atoms with Gasteiger partial charge in [0.1, 0.15) is 10.1 Å². The molecule has 1 aliphatic carbocycles. The van der Waals surface area contributed by atoms with E-state index in [-0.39, 0.29) is 11.9 Å². The molecule has 122 valence electrons. The van der Waals surface area contributed by atoms with E-state index >= 15 is 0 Å². The molecule has 0 aromatic heterocycles. The first-order chi connectivity index (χ1) is 11.2. The molecule has 1 saturated carbocycles. The normalized spacial score (nSPS) is 21.3. The van der Waals surface area contributed by atoms with Crippen LogP contribution in [0, 0.1) is 0 Å². The van der Waals surface area contributed by atoms with Crippen LogP contribution in [-0.2, 0) is 4.79 Å². The molecule has 2 aliphatic rings. The van der Waals surface area contributed by atoms with Crippen molar-refractivity contribution in [2.24, 2.45) is 0 Å². The van der Waals surface area contributed by atoms with Crippen LogP contribution in [0.25, 0.3) is 6.08 Å². The molecule has 1 amide bonds. The number of hydrogen-bond donors (Lipinski definition) is 0. The van der Waals surface area contributed by atoms with Gasteiger partial charge in [-0.2, -0.15) is 0 Å². The van der Waals surface area contributed by atoms with Crippen LogP contribution in [0.5, 0.6) is 5.75 Å². The number of thiocarbonyl (C=S) groups is 1. The van der Waals surface area contributed by atoms with Gasteiger partial charge in [-0.1, -0.05) is 61.4 Å². The SMILES string of the molecule is CCOc1ccccc1C=C1SC(=S)N(C2CCCCC2)C1=O. The number of ether oxygens (including phenoxy) is 1. The van der Waals surface area contributed by atoms with Crippen molar-refractivity contribution in [1.82, 2.24) is 4.90 Å². The topological polar surface area (TPSA) is 29.5 Å². The molecule has 0 atom stereocenters. The number of hydrogen-bond acceptors (Lipinski definition) is 4. The van der Waals surface area contributed by atoms with E-state index in [4.69, 9.17) is 17.0 Å². The molecule has 1 heterocycles. The molecule has 1 saturated heterocycles. The molecule has 5 heteroatoms. The second-order valence-electron chi connectivity index (χ2n) is 5.81. The van der Waals surface area contributed by atoms with E-state index < -0.39 is 0 Å². The van der Waals surface area contributed by atoms with Crippen LogP contribution in [0.1, 0.15) is 44.6 Å². The summed E-state index contributed by atoms with van der Waals surface area (Å²) in [6.45, 7) is 2.56. The lowest BCUT2D eigenvalue weighted by atomic mass is 9.94. The van der Waals surface area contributed by atoms with Crippen LogP contribution >= 0.6 is 24.0 Å². The Balaban J connectivity index is 1.84. The lowest BCUT2D eigenvalue weighted by Gasteiger charge is -2.29. The van der Waals surface area contributed by atoms with Crippen molar-refractivity contribution in [3.05, 3.63) is 34.7 Å². The van der Waals surface area contributed by atoms with Crippen molar-refractivity contribution >= 4 is 40.3 Å². The summed E-state index contributed by atoms with van der Waals surface area (Å²) in [6, 6.07) is 8.07. The molecular weight excluding hydrogens is 326 g/mol. The van der Waals surface area contributed by atoms with Crippen molar-refractivity contribution in [2.75, 3.05) is 6.61 Å². The average Bonchev–Trinajstić information content (AvgIpc) is 2.84. The minimum Gasteiger partial charge on any atom is -0.493 e. The van der Waals surface area contributed by atoms with E-state index in [1.807, 2.05) is 42.2 Å². The molecule has 0 spiro atoms. The van der Waals surface area contributed by atoms with Gasteiger partial charge >= 0.3 is 0 Å². The molecule has 23 heavy (non-hydrogen) atoms. The number of carbonyl (C=O) groups excluding carboxylic acids is 1. The van der Waals surface area contributed by atoms with Gasteiger partial charge in [-0.25, -0.2) is 0 Å². The number of rotatable bonds is 4.